The van der Waals surface area contributed by atoms with E-state index in [0.717, 1.165) is 6.42 Å². The van der Waals surface area contributed by atoms with Crippen LogP contribution in [0.15, 0.2) is 23.2 Å². The Morgan fingerprint density at radius 3 is 2.65 bits per heavy atom. The number of halogens is 1. The zero-order valence-electron chi connectivity index (χ0n) is 10.2. The molecule has 0 aliphatic carbocycles. The molecule has 0 spiro atoms. The highest BCUT2D eigenvalue weighted by Gasteiger charge is 2.24. The molecule has 0 saturated heterocycles. The predicted molar refractivity (Wildman–Crippen MR) is 70.4 cm³/mol. The average Bonchev–Trinajstić information content (AvgIpc) is 2.28. The predicted octanol–water partition coefficient (Wildman–Crippen LogP) is 2.30. The topological polar surface area (TPSA) is 59.1 Å². The van der Waals surface area contributed by atoms with Gasteiger partial charge in [-0.25, -0.2) is 13.4 Å². The van der Waals surface area contributed by atoms with Crippen LogP contribution in [0.3, 0.4) is 0 Å². The van der Waals surface area contributed by atoms with Crippen molar-refractivity contribution in [3.8, 4) is 0 Å². The van der Waals surface area contributed by atoms with Crippen LogP contribution >= 0.6 is 11.6 Å². The van der Waals surface area contributed by atoms with Crippen LogP contribution < -0.4 is 5.32 Å². The van der Waals surface area contributed by atoms with E-state index in [9.17, 15) is 8.42 Å². The highest BCUT2D eigenvalue weighted by molar-refractivity contribution is 7.90. The Hall–Kier alpha value is -0.810. The normalized spacial score (nSPS) is 15.3. The number of sulfone groups is 1. The first-order valence-corrected chi connectivity index (χ1v) is 7.74. The van der Waals surface area contributed by atoms with Gasteiger partial charge in [0, 0.05) is 23.9 Å². The third kappa shape index (κ3) is 3.57. The van der Waals surface area contributed by atoms with Crippen LogP contribution in [-0.4, -0.2) is 31.1 Å². The highest BCUT2D eigenvalue weighted by atomic mass is 35.5. The molecule has 6 heteroatoms. The number of rotatable bonds is 5. The van der Waals surface area contributed by atoms with Gasteiger partial charge in [-0.3, -0.25) is 0 Å². The maximum absolute atomic E-state index is 11.6. The van der Waals surface area contributed by atoms with E-state index in [1.165, 1.54) is 12.3 Å². The second kappa shape index (κ2) is 5.23. The second-order valence-electron chi connectivity index (χ2n) is 4.30. The molecule has 0 bridgehead atoms. The van der Waals surface area contributed by atoms with Crippen molar-refractivity contribution in [2.24, 2.45) is 0 Å². The van der Waals surface area contributed by atoms with E-state index in [1.54, 1.807) is 12.3 Å². The van der Waals surface area contributed by atoms with Crippen LogP contribution in [0.4, 0.5) is 5.82 Å². The number of aromatic nitrogens is 1. The number of anilines is 1. The van der Waals surface area contributed by atoms with Crippen LogP contribution in [0.25, 0.3) is 0 Å². The number of hydrogen-bond donors (Lipinski definition) is 1. The smallest absolute Gasteiger partial charge is 0.179 e. The Morgan fingerprint density at radius 2 is 2.18 bits per heavy atom. The first-order valence-electron chi connectivity index (χ1n) is 5.31. The molecular formula is C11H17ClN2O2S. The van der Waals surface area contributed by atoms with E-state index < -0.39 is 9.84 Å². The highest BCUT2D eigenvalue weighted by Crippen LogP contribution is 2.24. The minimum Gasteiger partial charge on any atom is -0.363 e. The fourth-order valence-electron chi connectivity index (χ4n) is 1.29. The van der Waals surface area contributed by atoms with E-state index in [4.69, 9.17) is 11.6 Å². The fraction of sp³-hybridized carbons (Fsp3) is 0.545. The van der Waals surface area contributed by atoms with E-state index in [-0.39, 0.29) is 10.4 Å². The van der Waals surface area contributed by atoms with Crippen molar-refractivity contribution < 1.29 is 8.42 Å². The van der Waals surface area contributed by atoms with E-state index in [2.05, 4.69) is 10.3 Å². The van der Waals surface area contributed by atoms with Gasteiger partial charge < -0.3 is 5.32 Å². The zero-order chi connectivity index (χ0) is 13.1. The molecule has 0 fully saturated rings. The zero-order valence-corrected chi connectivity index (χ0v) is 11.8. The summed E-state index contributed by atoms with van der Waals surface area (Å²) in [4.78, 5) is 4.28. The Bertz CT molecular complexity index is 484. The summed E-state index contributed by atoms with van der Waals surface area (Å²) in [5, 5.41) is 3.11. The minimum atomic E-state index is -3.29. The van der Waals surface area contributed by atoms with Crippen LogP contribution in [-0.2, 0) is 9.84 Å². The monoisotopic (exact) mass is 276 g/mol. The van der Waals surface area contributed by atoms with Crippen molar-refractivity contribution in [2.75, 3.05) is 17.5 Å². The van der Waals surface area contributed by atoms with Crippen molar-refractivity contribution in [2.45, 2.75) is 30.7 Å². The standard InChI is InChI=1S/C11H17ClN2O2S/c1-4-11(2,8-12)14-10-9(17(3,15)16)6-5-7-13-10/h5-7H,4,8H2,1-3H3,(H,13,14). The SMILES string of the molecule is CCC(C)(CCl)Nc1ncccc1S(C)(=O)=O. The van der Waals surface area contributed by atoms with Gasteiger partial charge >= 0.3 is 0 Å². The van der Waals surface area contributed by atoms with Crippen LogP contribution in [0.2, 0.25) is 0 Å². The Balaban J connectivity index is 3.16. The maximum Gasteiger partial charge on any atom is 0.179 e. The van der Waals surface area contributed by atoms with Crippen molar-refractivity contribution in [1.29, 1.82) is 0 Å². The summed E-state index contributed by atoms with van der Waals surface area (Å²) in [5.41, 5.74) is -0.366. The lowest BCUT2D eigenvalue weighted by Gasteiger charge is -2.28. The first kappa shape index (κ1) is 14.3. The van der Waals surface area contributed by atoms with Gasteiger partial charge in [-0.05, 0) is 25.5 Å². The van der Waals surface area contributed by atoms with Crippen molar-refractivity contribution >= 4 is 27.3 Å². The molecule has 0 amide bonds. The number of hydrogen-bond acceptors (Lipinski definition) is 4. The van der Waals surface area contributed by atoms with Crippen molar-refractivity contribution in [1.82, 2.24) is 4.98 Å². The van der Waals surface area contributed by atoms with Gasteiger partial charge in [0.1, 0.15) is 10.7 Å². The molecule has 0 aromatic carbocycles. The molecule has 4 nitrogen and oxygen atoms in total. The molecule has 1 atom stereocenters. The summed E-state index contributed by atoms with van der Waals surface area (Å²) >= 11 is 5.89. The lowest BCUT2D eigenvalue weighted by Crippen LogP contribution is -2.36. The summed E-state index contributed by atoms with van der Waals surface area (Å²) in [6, 6.07) is 3.14. The van der Waals surface area contributed by atoms with Gasteiger partial charge in [-0.2, -0.15) is 0 Å². The van der Waals surface area contributed by atoms with Crippen molar-refractivity contribution in [3.05, 3.63) is 18.3 Å². The Morgan fingerprint density at radius 1 is 1.53 bits per heavy atom. The molecule has 1 heterocycles. The molecule has 1 aromatic rings. The summed E-state index contributed by atoms with van der Waals surface area (Å²) in [6.45, 7) is 3.92. The Labute approximate surface area is 107 Å². The van der Waals surface area contributed by atoms with E-state index >= 15 is 0 Å². The molecule has 0 radical (unpaired) electrons. The van der Waals surface area contributed by atoms with Gasteiger partial charge in [-0.1, -0.05) is 6.92 Å². The number of pyridine rings is 1. The minimum absolute atomic E-state index is 0.199. The van der Waals surface area contributed by atoms with Gasteiger partial charge in [0.25, 0.3) is 0 Å². The molecule has 17 heavy (non-hydrogen) atoms. The number of nitrogens with one attached hydrogen (secondary N) is 1. The summed E-state index contributed by atoms with van der Waals surface area (Å²) < 4.78 is 23.2. The molecule has 0 aliphatic heterocycles. The van der Waals surface area contributed by atoms with Crippen molar-refractivity contribution in [3.63, 3.8) is 0 Å². The maximum atomic E-state index is 11.6. The third-order valence-electron chi connectivity index (χ3n) is 2.67. The quantitative estimate of drug-likeness (QED) is 0.839. The van der Waals surface area contributed by atoms with Gasteiger partial charge in [0.15, 0.2) is 9.84 Å². The first-order chi connectivity index (χ1) is 7.82. The van der Waals surface area contributed by atoms with Crippen LogP contribution in [0.5, 0.6) is 0 Å². The number of nitrogens with zero attached hydrogens (tertiary/aromatic N) is 1. The summed E-state index contributed by atoms with van der Waals surface area (Å²) in [5.74, 6) is 0.739. The lowest BCUT2D eigenvalue weighted by molar-refractivity contribution is 0.548. The molecule has 1 rings (SSSR count). The largest absolute Gasteiger partial charge is 0.363 e. The third-order valence-corrected chi connectivity index (χ3v) is 4.38. The molecule has 1 aromatic heterocycles. The molecule has 1 N–H and O–H groups in total. The molecular weight excluding hydrogens is 260 g/mol. The lowest BCUT2D eigenvalue weighted by atomic mass is 10.0. The Kier molecular flexibility index (Phi) is 4.38. The van der Waals surface area contributed by atoms with Gasteiger partial charge in [0.2, 0.25) is 0 Å². The van der Waals surface area contributed by atoms with Gasteiger partial charge in [0.05, 0.1) is 0 Å². The van der Waals surface area contributed by atoms with Crippen LogP contribution in [0, 0.1) is 0 Å². The van der Waals surface area contributed by atoms with Gasteiger partial charge in [-0.15, -0.1) is 11.6 Å². The second-order valence-corrected chi connectivity index (χ2v) is 6.55. The van der Waals surface area contributed by atoms with E-state index in [0.29, 0.717) is 11.7 Å². The van der Waals surface area contributed by atoms with E-state index in [1.807, 2.05) is 13.8 Å². The molecule has 96 valence electrons. The molecule has 1 unspecified atom stereocenters. The summed E-state index contributed by atoms with van der Waals surface area (Å²) in [6.07, 6.45) is 3.50. The molecule has 0 aliphatic rings. The van der Waals surface area contributed by atoms with Crippen LogP contribution in [0.1, 0.15) is 20.3 Å². The number of alkyl halides is 1. The fourth-order valence-corrected chi connectivity index (χ4v) is 2.32. The summed E-state index contributed by atoms with van der Waals surface area (Å²) in [7, 11) is -3.29. The molecule has 0 saturated carbocycles. The average molecular weight is 277 g/mol.